The average molecular weight is 318 g/mol. The molecule has 3 aromatic rings. The minimum Gasteiger partial charge on any atom is -0.481 e. The van der Waals surface area contributed by atoms with Crippen LogP contribution in [0.2, 0.25) is 0 Å². The third-order valence-electron chi connectivity index (χ3n) is 3.64. The summed E-state index contributed by atoms with van der Waals surface area (Å²) in [5, 5.41) is 4.67. The van der Waals surface area contributed by atoms with E-state index in [0.29, 0.717) is 11.7 Å². The van der Waals surface area contributed by atoms with E-state index in [1.165, 1.54) is 6.34 Å². The van der Waals surface area contributed by atoms with Crippen LogP contribution in [0.1, 0.15) is 0 Å². The summed E-state index contributed by atoms with van der Waals surface area (Å²) in [6, 6.07) is 19.9. The molecule has 1 heterocycles. The molecule has 0 saturated carbocycles. The molecule has 0 fully saturated rings. The van der Waals surface area contributed by atoms with Crippen molar-refractivity contribution in [2.45, 2.75) is 0 Å². The highest BCUT2D eigenvalue weighted by atomic mass is 16.5. The molecule has 5 heteroatoms. The summed E-state index contributed by atoms with van der Waals surface area (Å²) in [6.45, 7) is 3.89. The molecule has 5 nitrogen and oxygen atoms in total. The topological polar surface area (TPSA) is 65.4 Å². The molecule has 0 amide bonds. The first kappa shape index (κ1) is 15.6. The van der Waals surface area contributed by atoms with Crippen LogP contribution in [0.4, 0.5) is 5.82 Å². The number of methoxy groups -OCH3 is 1. The fourth-order valence-electron chi connectivity index (χ4n) is 2.53. The van der Waals surface area contributed by atoms with Gasteiger partial charge in [0.15, 0.2) is 5.82 Å². The van der Waals surface area contributed by atoms with E-state index >= 15 is 0 Å². The first-order valence-corrected chi connectivity index (χ1v) is 7.47. The molecule has 3 rings (SSSR count). The minimum absolute atomic E-state index is 0.370. The monoisotopic (exact) mass is 318 g/mol. The second kappa shape index (κ2) is 6.83. The Morgan fingerprint density at radius 2 is 1.67 bits per heavy atom. The van der Waals surface area contributed by atoms with Gasteiger partial charge in [-0.1, -0.05) is 60.7 Å². The van der Waals surface area contributed by atoms with Crippen LogP contribution in [0.15, 0.2) is 72.2 Å². The van der Waals surface area contributed by atoms with Gasteiger partial charge in [-0.2, -0.15) is 9.78 Å². The van der Waals surface area contributed by atoms with Crippen LogP contribution in [-0.2, 0) is 4.74 Å². The van der Waals surface area contributed by atoms with Crippen molar-refractivity contribution in [1.29, 1.82) is 0 Å². The Hall–Kier alpha value is -3.34. The van der Waals surface area contributed by atoms with Crippen molar-refractivity contribution in [3.8, 4) is 22.4 Å². The maximum Gasteiger partial charge on any atom is 0.208 e. The smallest absolute Gasteiger partial charge is 0.208 e. The van der Waals surface area contributed by atoms with Crippen LogP contribution in [0, 0.1) is 0 Å². The Balaban J connectivity index is 2.34. The summed E-state index contributed by atoms with van der Waals surface area (Å²) in [7, 11) is 1.55. The minimum atomic E-state index is 0.370. The highest BCUT2D eigenvalue weighted by Crippen LogP contribution is 2.40. The van der Waals surface area contributed by atoms with E-state index in [0.717, 1.165) is 22.4 Å². The molecular weight excluding hydrogens is 300 g/mol. The number of nitrogens with zero attached hydrogens (tertiary/aromatic N) is 3. The van der Waals surface area contributed by atoms with Crippen LogP contribution in [-0.4, -0.2) is 23.2 Å². The third kappa shape index (κ3) is 2.79. The Kier molecular flexibility index (Phi) is 4.43. The van der Waals surface area contributed by atoms with Gasteiger partial charge in [0.1, 0.15) is 5.69 Å². The van der Waals surface area contributed by atoms with E-state index in [9.17, 15) is 0 Å². The molecular formula is C19H18N4O. The quantitative estimate of drug-likeness (QED) is 0.440. The number of aliphatic imine (C=N–C) groups is 1. The van der Waals surface area contributed by atoms with Gasteiger partial charge >= 0.3 is 0 Å². The van der Waals surface area contributed by atoms with Gasteiger partial charge in [0, 0.05) is 5.56 Å². The summed E-state index contributed by atoms with van der Waals surface area (Å²) >= 11 is 0. The van der Waals surface area contributed by atoms with E-state index in [1.54, 1.807) is 11.8 Å². The van der Waals surface area contributed by atoms with Gasteiger partial charge in [0.05, 0.1) is 19.0 Å². The van der Waals surface area contributed by atoms with Crippen molar-refractivity contribution in [2.24, 2.45) is 10.7 Å². The first-order valence-electron chi connectivity index (χ1n) is 7.47. The number of rotatable bonds is 5. The second-order valence-corrected chi connectivity index (χ2v) is 5.07. The van der Waals surface area contributed by atoms with Crippen molar-refractivity contribution in [1.82, 2.24) is 9.78 Å². The molecule has 120 valence electrons. The molecule has 0 spiro atoms. The lowest BCUT2D eigenvalue weighted by atomic mass is 10.0. The zero-order chi connectivity index (χ0) is 16.9. The number of ether oxygens (including phenoxy) is 1. The number of benzene rings is 2. The number of nitrogens with two attached hydrogens (primary N) is 1. The van der Waals surface area contributed by atoms with E-state index in [2.05, 4.69) is 16.7 Å². The standard InChI is InChI=1S/C19H18N4O/c1-14(24-2)23-19(21-13-20)17(15-9-5-3-6-10-15)18(22-23)16-11-7-4-8-12-16/h3-13H,1H2,2H3,(H2,20,21). The van der Waals surface area contributed by atoms with Gasteiger partial charge in [-0.3, -0.25) is 0 Å². The lowest BCUT2D eigenvalue weighted by Crippen LogP contribution is -2.00. The summed E-state index contributed by atoms with van der Waals surface area (Å²) < 4.78 is 6.82. The van der Waals surface area contributed by atoms with Crippen molar-refractivity contribution < 1.29 is 4.74 Å². The van der Waals surface area contributed by atoms with Crippen LogP contribution >= 0.6 is 0 Å². The number of hydrogen-bond donors (Lipinski definition) is 1. The van der Waals surface area contributed by atoms with Gasteiger partial charge in [0.25, 0.3) is 0 Å². The average Bonchev–Trinajstić information content (AvgIpc) is 3.02. The van der Waals surface area contributed by atoms with Gasteiger partial charge in [-0.25, -0.2) is 4.99 Å². The molecule has 2 N–H and O–H groups in total. The summed E-state index contributed by atoms with van der Waals surface area (Å²) in [5.41, 5.74) is 9.20. The lowest BCUT2D eigenvalue weighted by Gasteiger charge is -2.06. The van der Waals surface area contributed by atoms with Crippen LogP contribution in [0.3, 0.4) is 0 Å². The normalized spacial score (nSPS) is 10.9. The predicted molar refractivity (Wildman–Crippen MR) is 97.8 cm³/mol. The van der Waals surface area contributed by atoms with E-state index in [4.69, 9.17) is 10.5 Å². The summed E-state index contributed by atoms with van der Waals surface area (Å²) in [4.78, 5) is 4.31. The highest BCUT2D eigenvalue weighted by Gasteiger charge is 2.21. The van der Waals surface area contributed by atoms with Gasteiger partial charge in [-0.15, -0.1) is 0 Å². The summed E-state index contributed by atoms with van der Waals surface area (Å²) in [6.07, 6.45) is 1.25. The van der Waals surface area contributed by atoms with Crippen molar-refractivity contribution >= 4 is 18.0 Å². The molecule has 0 unspecified atom stereocenters. The Bertz CT molecular complexity index is 867. The molecule has 0 radical (unpaired) electrons. The zero-order valence-electron chi connectivity index (χ0n) is 13.4. The maximum absolute atomic E-state index is 5.56. The molecule has 0 atom stereocenters. The number of aromatic nitrogens is 2. The van der Waals surface area contributed by atoms with E-state index < -0.39 is 0 Å². The summed E-state index contributed by atoms with van der Waals surface area (Å²) in [5.74, 6) is 0.948. The molecule has 24 heavy (non-hydrogen) atoms. The highest BCUT2D eigenvalue weighted by molar-refractivity contribution is 5.89. The van der Waals surface area contributed by atoms with Gasteiger partial charge in [0.2, 0.25) is 5.88 Å². The largest absolute Gasteiger partial charge is 0.481 e. The van der Waals surface area contributed by atoms with Crippen molar-refractivity contribution in [2.75, 3.05) is 7.11 Å². The Morgan fingerprint density at radius 3 is 2.21 bits per heavy atom. The predicted octanol–water partition coefficient (Wildman–Crippen LogP) is 3.91. The molecule has 0 bridgehead atoms. The molecule has 0 aliphatic rings. The SMILES string of the molecule is C=C(OC)n1nc(-c2ccccc2)c(-c2ccccc2)c1N=CN. The van der Waals surface area contributed by atoms with Gasteiger partial charge < -0.3 is 10.5 Å². The second-order valence-electron chi connectivity index (χ2n) is 5.07. The van der Waals surface area contributed by atoms with Crippen LogP contribution < -0.4 is 5.73 Å². The fraction of sp³-hybridized carbons (Fsp3) is 0.0526. The van der Waals surface area contributed by atoms with E-state index in [1.807, 2.05) is 60.7 Å². The van der Waals surface area contributed by atoms with Crippen LogP contribution in [0.5, 0.6) is 0 Å². The van der Waals surface area contributed by atoms with Crippen molar-refractivity contribution in [3.63, 3.8) is 0 Å². The Morgan fingerprint density at radius 1 is 1.08 bits per heavy atom. The van der Waals surface area contributed by atoms with E-state index in [-0.39, 0.29) is 0 Å². The lowest BCUT2D eigenvalue weighted by molar-refractivity contribution is 0.339. The van der Waals surface area contributed by atoms with Crippen LogP contribution in [0.25, 0.3) is 28.3 Å². The zero-order valence-corrected chi connectivity index (χ0v) is 13.4. The first-order chi connectivity index (χ1) is 11.8. The third-order valence-corrected chi connectivity index (χ3v) is 3.64. The fourth-order valence-corrected chi connectivity index (χ4v) is 2.53. The molecule has 0 aliphatic carbocycles. The molecule has 0 saturated heterocycles. The molecule has 0 aliphatic heterocycles. The molecule has 1 aromatic heterocycles. The Labute approximate surface area is 140 Å². The number of hydrogen-bond acceptors (Lipinski definition) is 3. The maximum atomic E-state index is 5.56. The van der Waals surface area contributed by atoms with Gasteiger partial charge in [-0.05, 0) is 12.1 Å². The molecule has 2 aromatic carbocycles. The van der Waals surface area contributed by atoms with Crippen molar-refractivity contribution in [3.05, 3.63) is 67.2 Å².